The molecule has 3 aromatic carbocycles. The molecular formula is C28H31NO8S. The van der Waals surface area contributed by atoms with E-state index in [1.165, 1.54) is 12.1 Å². The number of nitrogens with one attached hydrogen (secondary N) is 1. The molecule has 9 nitrogen and oxygen atoms in total. The number of carboxylic acid groups (broad SMARTS) is 1. The lowest BCUT2D eigenvalue weighted by Crippen LogP contribution is -2.43. The summed E-state index contributed by atoms with van der Waals surface area (Å²) in [4.78, 5) is 24.4. The van der Waals surface area contributed by atoms with Crippen molar-refractivity contribution in [3.8, 4) is 22.6 Å². The summed E-state index contributed by atoms with van der Waals surface area (Å²) < 4.78 is 37.9. The van der Waals surface area contributed by atoms with Crippen molar-refractivity contribution in [2.45, 2.75) is 42.5 Å². The van der Waals surface area contributed by atoms with Gasteiger partial charge >= 0.3 is 5.97 Å². The molecule has 10 heteroatoms. The van der Waals surface area contributed by atoms with Gasteiger partial charge < -0.3 is 19.7 Å². The molecule has 3 N–H and O–H groups in total. The number of aliphatic hydroxyl groups is 1. The number of rotatable bonds is 10. The number of fused-ring (bicyclic) bond motifs is 1. The topological polar surface area (TPSA) is 139 Å². The van der Waals surface area contributed by atoms with Crippen LogP contribution >= 0.6 is 0 Å². The van der Waals surface area contributed by atoms with E-state index in [1.807, 2.05) is 48.0 Å². The minimum atomic E-state index is -4.14. The molecule has 1 heterocycles. The molecule has 0 spiro atoms. The molecule has 1 fully saturated rings. The van der Waals surface area contributed by atoms with E-state index in [9.17, 15) is 18.0 Å². The lowest BCUT2D eigenvalue weighted by atomic mass is 9.87. The average Bonchev–Trinajstić information content (AvgIpc) is 3.59. The van der Waals surface area contributed by atoms with Crippen molar-refractivity contribution < 1.29 is 40.5 Å². The smallest absolute Gasteiger partial charge is 0.324 e. The Bertz CT molecular complexity index is 1520. The Morgan fingerprint density at radius 2 is 1.74 bits per heavy atom. The van der Waals surface area contributed by atoms with Gasteiger partial charge in [-0.15, -0.1) is 0 Å². The molecule has 1 aliphatic carbocycles. The maximum atomic E-state index is 13.4. The molecule has 2 aliphatic rings. The molecule has 1 saturated carbocycles. The minimum Gasteiger partial charge on any atom is -0.480 e. The number of Topliss-reactive ketones (excluding diaryl/α,β-unsaturated/α-hetero) is 1. The number of carbonyl (C=O) groups is 2. The van der Waals surface area contributed by atoms with Crippen molar-refractivity contribution in [3.63, 3.8) is 0 Å². The van der Waals surface area contributed by atoms with Crippen LogP contribution in [0.1, 0.15) is 32.4 Å². The molecule has 0 aromatic heterocycles. The summed E-state index contributed by atoms with van der Waals surface area (Å²) in [5.41, 5.74) is 3.85. The van der Waals surface area contributed by atoms with Crippen LogP contribution in [-0.4, -0.2) is 49.8 Å². The normalized spacial score (nSPS) is 16.2. The van der Waals surface area contributed by atoms with Crippen LogP contribution in [0.5, 0.6) is 11.5 Å². The molecule has 0 unspecified atom stereocenters. The first-order valence-electron chi connectivity index (χ1n) is 12.1. The summed E-state index contributed by atoms with van der Waals surface area (Å²) in [6, 6.07) is 15.9. The Morgan fingerprint density at radius 1 is 1.03 bits per heavy atom. The van der Waals surface area contributed by atoms with E-state index >= 15 is 0 Å². The van der Waals surface area contributed by atoms with Gasteiger partial charge in [0.25, 0.3) is 0 Å². The molecule has 0 bridgehead atoms. The first kappa shape index (κ1) is 25.9. The number of aryl methyl sites for hydroxylation is 1. The number of benzene rings is 3. The largest absolute Gasteiger partial charge is 0.480 e. The van der Waals surface area contributed by atoms with Gasteiger partial charge in [-0.05, 0) is 71.8 Å². The van der Waals surface area contributed by atoms with Gasteiger partial charge in [0.05, 0.1) is 16.9 Å². The van der Waals surface area contributed by atoms with Crippen LogP contribution in [0.3, 0.4) is 0 Å². The first-order valence-corrected chi connectivity index (χ1v) is 13.6. The van der Waals surface area contributed by atoms with Gasteiger partial charge in [0.2, 0.25) is 16.8 Å². The van der Waals surface area contributed by atoms with Crippen molar-refractivity contribution in [2.24, 2.45) is 0 Å². The third-order valence-corrected chi connectivity index (χ3v) is 8.62. The average molecular weight is 542 g/mol. The predicted molar refractivity (Wildman–Crippen MR) is 142 cm³/mol. The number of aliphatic hydroxyl groups excluding tert-OH is 1. The zero-order valence-corrected chi connectivity index (χ0v) is 21.5. The van der Waals surface area contributed by atoms with Crippen LogP contribution < -0.4 is 14.2 Å². The Kier molecular flexibility index (Phi) is 6.72. The third kappa shape index (κ3) is 4.90. The number of hydrogen-bond acceptors (Lipinski definition) is 7. The van der Waals surface area contributed by atoms with Crippen molar-refractivity contribution in [3.05, 3.63) is 77.4 Å². The van der Waals surface area contributed by atoms with Gasteiger partial charge in [-0.1, -0.05) is 36.4 Å². The number of ketones is 1. The monoisotopic (exact) mass is 541 g/mol. The maximum Gasteiger partial charge on any atom is 0.324 e. The molecule has 202 valence electrons. The number of aliphatic carboxylic acids is 1. The Hall–Kier alpha value is -3.73. The van der Waals surface area contributed by atoms with Crippen molar-refractivity contribution in [1.82, 2.24) is 4.72 Å². The zero-order valence-electron chi connectivity index (χ0n) is 20.6. The Morgan fingerprint density at radius 3 is 2.39 bits per heavy atom. The third-order valence-electron chi connectivity index (χ3n) is 7.13. The van der Waals surface area contributed by atoms with Crippen LogP contribution in [0.25, 0.3) is 11.1 Å². The molecule has 5 rings (SSSR count). The van der Waals surface area contributed by atoms with Gasteiger partial charge in [-0.3, -0.25) is 9.59 Å². The molecule has 0 radical (unpaired) electrons. The van der Waals surface area contributed by atoms with Crippen LogP contribution in [0.2, 0.25) is 0 Å². The predicted octanol–water partition coefficient (Wildman–Crippen LogP) is 3.45. The Labute approximate surface area is 223 Å². The van der Waals surface area contributed by atoms with Crippen molar-refractivity contribution >= 4 is 21.8 Å². The second kappa shape index (κ2) is 9.86. The summed E-state index contributed by atoms with van der Waals surface area (Å²) in [5.74, 6) is 0.0105. The second-order valence-corrected chi connectivity index (χ2v) is 11.3. The Balaban J connectivity index is 0.00000220. The SMILES string of the molecule is Cc1ccc(CC(=O)C2(c3ccc4c(c3)OCO4)CC2)cc1-c1ccc(S(=O)(=O)N[C@H](CO)C(=O)O)cc1.[HH].[HH]. The van der Waals surface area contributed by atoms with Gasteiger partial charge in [-0.25, -0.2) is 8.42 Å². The van der Waals surface area contributed by atoms with E-state index in [0.717, 1.165) is 40.7 Å². The van der Waals surface area contributed by atoms with Crippen LogP contribution in [0.4, 0.5) is 0 Å². The van der Waals surface area contributed by atoms with E-state index in [1.54, 1.807) is 12.1 Å². The van der Waals surface area contributed by atoms with Gasteiger partial charge in [0.15, 0.2) is 11.5 Å². The summed E-state index contributed by atoms with van der Waals surface area (Å²) in [6.45, 7) is 1.25. The highest BCUT2D eigenvalue weighted by Gasteiger charge is 2.50. The number of carbonyl (C=O) groups excluding carboxylic acids is 1. The lowest BCUT2D eigenvalue weighted by molar-refractivity contribution is -0.139. The molecule has 1 atom stereocenters. The fourth-order valence-corrected chi connectivity index (χ4v) is 5.91. The molecule has 3 aromatic rings. The summed E-state index contributed by atoms with van der Waals surface area (Å²) >= 11 is 0. The quantitative estimate of drug-likeness (QED) is 0.355. The van der Waals surface area contributed by atoms with Gasteiger partial charge in [0.1, 0.15) is 11.8 Å². The van der Waals surface area contributed by atoms with E-state index in [2.05, 4.69) is 0 Å². The lowest BCUT2D eigenvalue weighted by Gasteiger charge is -2.16. The molecule has 38 heavy (non-hydrogen) atoms. The van der Waals surface area contributed by atoms with E-state index in [0.29, 0.717) is 11.5 Å². The summed E-state index contributed by atoms with van der Waals surface area (Å²) in [5, 5.41) is 18.2. The van der Waals surface area contributed by atoms with Gasteiger partial charge in [0, 0.05) is 9.27 Å². The number of sulfonamides is 1. The van der Waals surface area contributed by atoms with Crippen LogP contribution in [0, 0.1) is 6.92 Å². The number of hydrogen-bond donors (Lipinski definition) is 3. The summed E-state index contributed by atoms with van der Waals surface area (Å²) in [7, 11) is -4.14. The highest BCUT2D eigenvalue weighted by atomic mass is 32.2. The van der Waals surface area contributed by atoms with Crippen molar-refractivity contribution in [1.29, 1.82) is 0 Å². The second-order valence-electron chi connectivity index (χ2n) is 9.62. The molecular weight excluding hydrogens is 510 g/mol. The number of ether oxygens (including phenoxy) is 2. The van der Waals surface area contributed by atoms with E-state index in [4.69, 9.17) is 19.7 Å². The van der Waals surface area contributed by atoms with E-state index < -0.39 is 34.1 Å². The maximum absolute atomic E-state index is 13.4. The fraction of sp³-hybridized carbons (Fsp3) is 0.286. The molecule has 0 saturated heterocycles. The van der Waals surface area contributed by atoms with Crippen molar-refractivity contribution in [2.75, 3.05) is 13.4 Å². The van der Waals surface area contributed by atoms with Gasteiger partial charge in [-0.2, -0.15) is 4.72 Å². The van der Waals surface area contributed by atoms with E-state index in [-0.39, 0.29) is 26.7 Å². The zero-order chi connectivity index (χ0) is 27.1. The standard InChI is InChI=1S/C28H27NO8S.2H2/c1-17-2-3-18(13-26(31)28(10-11-28)20-6-9-24-25(14-20)37-16-36-24)12-22(17)19-4-7-21(8-5-19)38(34,35)29-23(15-30)27(32)33;;/h2-9,12,14,23,29-30H,10-11,13,15-16H2,1H3,(H,32,33);2*1H/t23-;;/m1../s1. The van der Waals surface area contributed by atoms with Crippen LogP contribution in [0.15, 0.2) is 65.6 Å². The highest BCUT2D eigenvalue weighted by molar-refractivity contribution is 7.89. The number of carboxylic acids is 1. The fourth-order valence-electron chi connectivity index (χ4n) is 4.73. The first-order chi connectivity index (χ1) is 18.1. The highest BCUT2D eigenvalue weighted by Crippen LogP contribution is 2.51. The minimum absolute atomic E-state index is 0. The molecule has 1 aliphatic heterocycles. The van der Waals surface area contributed by atoms with Crippen LogP contribution in [-0.2, 0) is 31.4 Å². The molecule has 0 amide bonds. The summed E-state index contributed by atoms with van der Waals surface area (Å²) in [6.07, 6.45) is 1.83.